The molecule has 3 heteroatoms. The lowest BCUT2D eigenvalue weighted by molar-refractivity contribution is 0.826. The lowest BCUT2D eigenvalue weighted by Gasteiger charge is -2.11. The van der Waals surface area contributed by atoms with E-state index in [0.29, 0.717) is 0 Å². The molecule has 2 aromatic carbocycles. The molecular weight excluding hydrogens is 288 g/mol. The Kier molecular flexibility index (Phi) is 3.25. The first-order valence-corrected chi connectivity index (χ1v) is 8.52. The fourth-order valence-electron chi connectivity index (χ4n) is 3.25. The van der Waals surface area contributed by atoms with Crippen molar-refractivity contribution in [2.75, 3.05) is 0 Å². The molecule has 2 aromatic heterocycles. The van der Waals surface area contributed by atoms with E-state index in [0.717, 1.165) is 6.54 Å². The van der Waals surface area contributed by atoms with Gasteiger partial charge in [-0.15, -0.1) is 0 Å². The highest BCUT2D eigenvalue weighted by atomic mass is 32.1. The van der Waals surface area contributed by atoms with Crippen LogP contribution in [-0.4, -0.2) is 4.57 Å². The van der Waals surface area contributed by atoms with Gasteiger partial charge < -0.3 is 10.3 Å². The summed E-state index contributed by atoms with van der Waals surface area (Å²) in [6.45, 7) is 3.16. The number of fused-ring (bicyclic) bond motifs is 3. The molecule has 0 aliphatic carbocycles. The van der Waals surface area contributed by atoms with Gasteiger partial charge in [0, 0.05) is 28.4 Å². The number of nitrogens with two attached hydrogens (primary N) is 1. The van der Waals surface area contributed by atoms with Crippen LogP contribution in [0.2, 0.25) is 0 Å². The number of nitrogens with zero attached hydrogens (tertiary/aromatic N) is 1. The van der Waals surface area contributed by atoms with Crippen molar-refractivity contribution in [2.24, 2.45) is 5.73 Å². The summed E-state index contributed by atoms with van der Waals surface area (Å²) >= 11 is 1.69. The van der Waals surface area contributed by atoms with E-state index >= 15 is 0 Å². The lowest BCUT2D eigenvalue weighted by Crippen LogP contribution is -2.10. The predicted molar refractivity (Wildman–Crippen MR) is 95.5 cm³/mol. The first-order valence-electron chi connectivity index (χ1n) is 7.58. The SMILES string of the molecule is CCn1c2ccccc2c2cc([C@H](N)c3ccsc3)ccc21. The summed E-state index contributed by atoms with van der Waals surface area (Å²) in [7, 11) is 0. The van der Waals surface area contributed by atoms with E-state index in [-0.39, 0.29) is 6.04 Å². The molecule has 110 valence electrons. The van der Waals surface area contributed by atoms with E-state index in [9.17, 15) is 0 Å². The van der Waals surface area contributed by atoms with Crippen molar-refractivity contribution in [2.45, 2.75) is 19.5 Å². The zero-order valence-electron chi connectivity index (χ0n) is 12.5. The normalized spacial score (nSPS) is 13.0. The molecule has 0 unspecified atom stereocenters. The molecule has 0 aliphatic heterocycles. The Morgan fingerprint density at radius 2 is 1.82 bits per heavy atom. The van der Waals surface area contributed by atoms with Gasteiger partial charge in [0.25, 0.3) is 0 Å². The molecule has 0 radical (unpaired) electrons. The van der Waals surface area contributed by atoms with Gasteiger partial charge in [-0.25, -0.2) is 0 Å². The number of para-hydroxylation sites is 1. The maximum Gasteiger partial charge on any atom is 0.0560 e. The summed E-state index contributed by atoms with van der Waals surface area (Å²) in [5.74, 6) is 0. The van der Waals surface area contributed by atoms with Crippen molar-refractivity contribution >= 4 is 33.1 Å². The Morgan fingerprint density at radius 1 is 1.00 bits per heavy atom. The largest absolute Gasteiger partial charge is 0.341 e. The van der Waals surface area contributed by atoms with E-state index in [4.69, 9.17) is 5.73 Å². The van der Waals surface area contributed by atoms with Gasteiger partial charge in [0.05, 0.1) is 6.04 Å². The summed E-state index contributed by atoms with van der Waals surface area (Å²) in [6, 6.07) is 17.3. The molecule has 0 fully saturated rings. The third-order valence-electron chi connectivity index (χ3n) is 4.37. The Hall–Kier alpha value is -2.10. The molecule has 2 heterocycles. The predicted octanol–water partition coefficient (Wildman–Crippen LogP) is 4.92. The standard InChI is InChI=1S/C19H18N2S/c1-2-21-17-6-4-3-5-15(17)16-11-13(7-8-18(16)21)19(20)14-9-10-22-12-14/h3-12,19H,2,20H2,1H3/t19-/m0/s1. The highest BCUT2D eigenvalue weighted by Gasteiger charge is 2.13. The Labute approximate surface area is 133 Å². The summed E-state index contributed by atoms with van der Waals surface area (Å²) in [6.07, 6.45) is 0. The molecule has 22 heavy (non-hydrogen) atoms. The van der Waals surface area contributed by atoms with Gasteiger partial charge in [0.1, 0.15) is 0 Å². The summed E-state index contributed by atoms with van der Waals surface area (Å²) < 4.78 is 2.37. The summed E-state index contributed by atoms with van der Waals surface area (Å²) in [4.78, 5) is 0. The number of benzene rings is 2. The van der Waals surface area contributed by atoms with Crippen molar-refractivity contribution in [3.63, 3.8) is 0 Å². The van der Waals surface area contributed by atoms with E-state index in [2.05, 4.69) is 70.8 Å². The molecule has 0 aliphatic rings. The fraction of sp³-hybridized carbons (Fsp3) is 0.158. The molecule has 4 aromatic rings. The van der Waals surface area contributed by atoms with Crippen LogP contribution in [0.15, 0.2) is 59.3 Å². The number of hydrogen-bond donors (Lipinski definition) is 1. The van der Waals surface area contributed by atoms with Gasteiger partial charge >= 0.3 is 0 Å². The van der Waals surface area contributed by atoms with Crippen molar-refractivity contribution in [3.8, 4) is 0 Å². The molecule has 0 saturated heterocycles. The van der Waals surface area contributed by atoms with Crippen LogP contribution in [0.4, 0.5) is 0 Å². The average Bonchev–Trinajstić information content (AvgIpc) is 3.20. The second kappa shape index (κ2) is 5.27. The number of aryl methyl sites for hydroxylation is 1. The zero-order valence-corrected chi connectivity index (χ0v) is 13.3. The molecule has 1 atom stereocenters. The van der Waals surface area contributed by atoms with Crippen molar-refractivity contribution in [1.82, 2.24) is 4.57 Å². The average molecular weight is 306 g/mol. The molecule has 2 nitrogen and oxygen atoms in total. The van der Waals surface area contributed by atoms with Crippen LogP contribution in [0.5, 0.6) is 0 Å². The monoisotopic (exact) mass is 306 g/mol. The first kappa shape index (κ1) is 13.6. The van der Waals surface area contributed by atoms with Gasteiger partial charge in [0.15, 0.2) is 0 Å². The quantitative estimate of drug-likeness (QED) is 0.572. The lowest BCUT2D eigenvalue weighted by atomic mass is 10.00. The minimum atomic E-state index is -0.0561. The van der Waals surface area contributed by atoms with Gasteiger partial charge in [-0.3, -0.25) is 0 Å². The van der Waals surface area contributed by atoms with Crippen LogP contribution in [0.3, 0.4) is 0 Å². The van der Waals surface area contributed by atoms with Gasteiger partial charge in [0.2, 0.25) is 0 Å². The number of hydrogen-bond acceptors (Lipinski definition) is 2. The minimum absolute atomic E-state index is 0.0561. The van der Waals surface area contributed by atoms with Crippen molar-refractivity contribution < 1.29 is 0 Å². The number of aromatic nitrogens is 1. The number of thiophene rings is 1. The van der Waals surface area contributed by atoms with E-state index < -0.39 is 0 Å². The van der Waals surface area contributed by atoms with Crippen LogP contribution in [0.25, 0.3) is 21.8 Å². The molecule has 0 bridgehead atoms. The molecule has 0 saturated carbocycles. The molecule has 2 N–H and O–H groups in total. The topological polar surface area (TPSA) is 30.9 Å². The Balaban J connectivity index is 1.96. The van der Waals surface area contributed by atoms with Crippen LogP contribution in [0, 0.1) is 0 Å². The minimum Gasteiger partial charge on any atom is -0.341 e. The van der Waals surface area contributed by atoms with Crippen LogP contribution >= 0.6 is 11.3 Å². The zero-order chi connectivity index (χ0) is 15.1. The maximum absolute atomic E-state index is 6.44. The van der Waals surface area contributed by atoms with Gasteiger partial charge in [-0.2, -0.15) is 11.3 Å². The highest BCUT2D eigenvalue weighted by Crippen LogP contribution is 2.32. The number of rotatable bonds is 3. The molecular formula is C19H18N2S. The van der Waals surface area contributed by atoms with Gasteiger partial charge in [-0.05, 0) is 53.1 Å². The van der Waals surface area contributed by atoms with E-state index in [1.165, 1.54) is 32.9 Å². The maximum atomic E-state index is 6.44. The Bertz CT molecular complexity index is 935. The first-order chi connectivity index (χ1) is 10.8. The van der Waals surface area contributed by atoms with Crippen LogP contribution in [0.1, 0.15) is 24.1 Å². The second-order valence-electron chi connectivity index (χ2n) is 5.57. The van der Waals surface area contributed by atoms with Crippen LogP contribution < -0.4 is 5.73 Å². The Morgan fingerprint density at radius 3 is 2.59 bits per heavy atom. The summed E-state index contributed by atoms with van der Waals surface area (Å²) in [5, 5.41) is 6.81. The second-order valence-corrected chi connectivity index (χ2v) is 6.35. The third-order valence-corrected chi connectivity index (χ3v) is 5.08. The molecule has 4 rings (SSSR count). The van der Waals surface area contributed by atoms with Gasteiger partial charge in [-0.1, -0.05) is 24.3 Å². The van der Waals surface area contributed by atoms with Crippen molar-refractivity contribution in [1.29, 1.82) is 0 Å². The van der Waals surface area contributed by atoms with Crippen LogP contribution in [-0.2, 0) is 6.54 Å². The fourth-order valence-corrected chi connectivity index (χ4v) is 3.95. The molecule has 0 amide bonds. The van der Waals surface area contributed by atoms with E-state index in [1.54, 1.807) is 11.3 Å². The summed E-state index contributed by atoms with van der Waals surface area (Å²) in [5.41, 5.74) is 11.4. The molecule has 0 spiro atoms. The van der Waals surface area contributed by atoms with Crippen molar-refractivity contribution in [3.05, 3.63) is 70.4 Å². The smallest absolute Gasteiger partial charge is 0.0560 e. The highest BCUT2D eigenvalue weighted by molar-refractivity contribution is 7.08. The third kappa shape index (κ3) is 1.97. The van der Waals surface area contributed by atoms with E-state index in [1.807, 2.05) is 0 Å².